The summed E-state index contributed by atoms with van der Waals surface area (Å²) >= 11 is 0. The Labute approximate surface area is 61.9 Å². The molecule has 2 aliphatic rings. The number of hydrogen-bond acceptors (Lipinski definition) is 2. The maximum Gasteiger partial charge on any atom is 0.0583 e. The molecule has 58 valence electrons. The first-order valence-electron chi connectivity index (χ1n) is 4.08. The Kier molecular flexibility index (Phi) is 1.46. The van der Waals surface area contributed by atoms with Crippen molar-refractivity contribution in [2.24, 2.45) is 5.41 Å². The first kappa shape index (κ1) is 6.62. The van der Waals surface area contributed by atoms with E-state index in [-0.39, 0.29) is 0 Å². The molecular formula is C8H15NO. The van der Waals surface area contributed by atoms with E-state index >= 15 is 0 Å². The van der Waals surface area contributed by atoms with Crippen LogP contribution in [-0.2, 0) is 4.74 Å². The topological polar surface area (TPSA) is 21.3 Å². The van der Waals surface area contributed by atoms with E-state index in [1.165, 1.54) is 32.4 Å². The molecule has 1 N–H and O–H groups in total. The smallest absolute Gasteiger partial charge is 0.0583 e. The van der Waals surface area contributed by atoms with Crippen molar-refractivity contribution in [3.63, 3.8) is 0 Å². The van der Waals surface area contributed by atoms with Crippen molar-refractivity contribution in [2.75, 3.05) is 20.2 Å². The molecule has 0 aromatic heterocycles. The van der Waals surface area contributed by atoms with E-state index in [2.05, 4.69) is 5.32 Å². The molecule has 1 saturated carbocycles. The number of methoxy groups -OCH3 is 1. The van der Waals surface area contributed by atoms with Gasteiger partial charge in [-0.15, -0.1) is 0 Å². The first-order chi connectivity index (χ1) is 4.85. The maximum atomic E-state index is 5.25. The first-order valence-corrected chi connectivity index (χ1v) is 4.08. The number of nitrogens with one attached hydrogen (secondary N) is 1. The van der Waals surface area contributed by atoms with Crippen LogP contribution in [0.1, 0.15) is 19.3 Å². The minimum absolute atomic E-state index is 0.569. The zero-order chi connectivity index (χ0) is 7.03. The second-order valence-corrected chi connectivity index (χ2v) is 3.69. The van der Waals surface area contributed by atoms with Gasteiger partial charge in [-0.1, -0.05) is 0 Å². The Hall–Kier alpha value is -0.0800. The van der Waals surface area contributed by atoms with Crippen LogP contribution < -0.4 is 5.32 Å². The predicted octanol–water partition coefficient (Wildman–Crippen LogP) is 0.775. The summed E-state index contributed by atoms with van der Waals surface area (Å²) in [5.74, 6) is 0. The molecule has 2 heteroatoms. The average molecular weight is 141 g/mol. The van der Waals surface area contributed by atoms with E-state index in [0.29, 0.717) is 11.5 Å². The summed E-state index contributed by atoms with van der Waals surface area (Å²) in [6.45, 7) is 2.45. The Morgan fingerprint density at radius 1 is 1.50 bits per heavy atom. The fraction of sp³-hybridized carbons (Fsp3) is 1.00. The molecule has 0 amide bonds. The van der Waals surface area contributed by atoms with Gasteiger partial charge in [0.05, 0.1) is 6.10 Å². The Morgan fingerprint density at radius 2 is 2.30 bits per heavy atom. The van der Waals surface area contributed by atoms with Crippen LogP contribution in [0, 0.1) is 5.41 Å². The largest absolute Gasteiger partial charge is 0.381 e. The van der Waals surface area contributed by atoms with Crippen LogP contribution in [0.3, 0.4) is 0 Å². The Balaban J connectivity index is 1.86. The highest BCUT2D eigenvalue weighted by molar-refractivity contribution is 4.99. The van der Waals surface area contributed by atoms with Crippen LogP contribution in [0.25, 0.3) is 0 Å². The normalized spacial score (nSPS) is 45.9. The van der Waals surface area contributed by atoms with Crippen LogP contribution in [0.2, 0.25) is 0 Å². The van der Waals surface area contributed by atoms with Gasteiger partial charge in [0.25, 0.3) is 0 Å². The minimum atomic E-state index is 0.569. The lowest BCUT2D eigenvalue weighted by Gasteiger charge is -2.43. The molecule has 0 atom stereocenters. The van der Waals surface area contributed by atoms with Crippen LogP contribution in [0.5, 0.6) is 0 Å². The van der Waals surface area contributed by atoms with Crippen molar-refractivity contribution in [1.29, 1.82) is 0 Å². The van der Waals surface area contributed by atoms with Gasteiger partial charge in [0, 0.05) is 13.7 Å². The molecule has 1 aliphatic heterocycles. The van der Waals surface area contributed by atoms with Crippen LogP contribution in [0.4, 0.5) is 0 Å². The molecule has 2 fully saturated rings. The van der Waals surface area contributed by atoms with Crippen LogP contribution in [0.15, 0.2) is 0 Å². The summed E-state index contributed by atoms with van der Waals surface area (Å²) in [6, 6.07) is 0. The quantitative estimate of drug-likeness (QED) is 0.582. The van der Waals surface area contributed by atoms with Crippen molar-refractivity contribution in [3.05, 3.63) is 0 Å². The van der Waals surface area contributed by atoms with Crippen LogP contribution >= 0.6 is 0 Å². The summed E-state index contributed by atoms with van der Waals surface area (Å²) in [5.41, 5.74) is 0.653. The molecule has 0 bridgehead atoms. The lowest BCUT2D eigenvalue weighted by molar-refractivity contribution is -0.0486. The highest BCUT2D eigenvalue weighted by Crippen LogP contribution is 2.46. The zero-order valence-electron chi connectivity index (χ0n) is 6.52. The number of hydrogen-bond donors (Lipinski definition) is 1. The molecule has 1 saturated heterocycles. The van der Waals surface area contributed by atoms with Gasteiger partial charge in [0.1, 0.15) is 0 Å². The van der Waals surface area contributed by atoms with Crippen molar-refractivity contribution in [3.8, 4) is 0 Å². The summed E-state index contributed by atoms with van der Waals surface area (Å²) in [6.07, 6.45) is 4.51. The molecule has 0 radical (unpaired) electrons. The molecule has 10 heavy (non-hydrogen) atoms. The third-order valence-electron chi connectivity index (χ3n) is 2.99. The maximum absolute atomic E-state index is 5.25. The van der Waals surface area contributed by atoms with Gasteiger partial charge in [0.15, 0.2) is 0 Å². The van der Waals surface area contributed by atoms with Gasteiger partial charge in [-0.2, -0.15) is 0 Å². The van der Waals surface area contributed by atoms with Gasteiger partial charge < -0.3 is 10.1 Å². The molecular weight excluding hydrogens is 126 g/mol. The predicted molar refractivity (Wildman–Crippen MR) is 40.0 cm³/mol. The van der Waals surface area contributed by atoms with Crippen molar-refractivity contribution >= 4 is 0 Å². The summed E-state index contributed by atoms with van der Waals surface area (Å²) in [4.78, 5) is 0. The summed E-state index contributed by atoms with van der Waals surface area (Å²) < 4.78 is 5.25. The molecule has 1 heterocycles. The van der Waals surface area contributed by atoms with Gasteiger partial charge in [-0.25, -0.2) is 0 Å². The Bertz CT molecular complexity index is 121. The van der Waals surface area contributed by atoms with Gasteiger partial charge >= 0.3 is 0 Å². The van der Waals surface area contributed by atoms with Gasteiger partial charge in [-0.05, 0) is 31.2 Å². The van der Waals surface area contributed by atoms with Gasteiger partial charge in [-0.3, -0.25) is 0 Å². The van der Waals surface area contributed by atoms with E-state index in [9.17, 15) is 0 Å². The number of rotatable bonds is 1. The van der Waals surface area contributed by atoms with Crippen molar-refractivity contribution in [1.82, 2.24) is 5.32 Å². The molecule has 1 aliphatic carbocycles. The van der Waals surface area contributed by atoms with E-state index in [1.54, 1.807) is 0 Å². The van der Waals surface area contributed by atoms with Crippen molar-refractivity contribution in [2.45, 2.75) is 25.4 Å². The molecule has 1 spiro atoms. The fourth-order valence-corrected chi connectivity index (χ4v) is 2.22. The van der Waals surface area contributed by atoms with Crippen LogP contribution in [-0.4, -0.2) is 26.3 Å². The van der Waals surface area contributed by atoms with E-state index < -0.39 is 0 Å². The Morgan fingerprint density at radius 3 is 2.80 bits per heavy atom. The summed E-state index contributed by atoms with van der Waals surface area (Å²) in [7, 11) is 1.82. The molecule has 0 unspecified atom stereocenters. The lowest BCUT2D eigenvalue weighted by Crippen LogP contribution is -2.43. The highest BCUT2D eigenvalue weighted by Gasteiger charge is 2.45. The molecule has 0 aromatic rings. The van der Waals surface area contributed by atoms with Crippen molar-refractivity contribution < 1.29 is 4.74 Å². The van der Waals surface area contributed by atoms with E-state index in [4.69, 9.17) is 4.74 Å². The third kappa shape index (κ3) is 0.867. The molecule has 2 rings (SSSR count). The van der Waals surface area contributed by atoms with E-state index in [0.717, 1.165) is 0 Å². The third-order valence-corrected chi connectivity index (χ3v) is 2.99. The number of ether oxygens (including phenoxy) is 1. The molecule has 0 aromatic carbocycles. The average Bonchev–Trinajstić information content (AvgIpc) is 2.30. The lowest BCUT2D eigenvalue weighted by atomic mass is 9.66. The molecule has 2 nitrogen and oxygen atoms in total. The fourth-order valence-electron chi connectivity index (χ4n) is 2.22. The standard InChI is InChI=1S/C8H15NO/c1-10-7-4-8(5-7)2-3-9-6-8/h7,9H,2-6H2,1H3. The monoisotopic (exact) mass is 141 g/mol. The van der Waals surface area contributed by atoms with E-state index in [1.807, 2.05) is 7.11 Å². The van der Waals surface area contributed by atoms with Gasteiger partial charge in [0.2, 0.25) is 0 Å². The highest BCUT2D eigenvalue weighted by atomic mass is 16.5. The second kappa shape index (κ2) is 2.21. The summed E-state index contributed by atoms with van der Waals surface area (Å²) in [5, 5.41) is 3.40. The second-order valence-electron chi connectivity index (χ2n) is 3.69. The minimum Gasteiger partial charge on any atom is -0.381 e. The zero-order valence-corrected chi connectivity index (χ0v) is 6.52. The SMILES string of the molecule is COC1CC2(CCNC2)C1.